The van der Waals surface area contributed by atoms with E-state index in [1.807, 2.05) is 12.1 Å². The number of halogens is 4. The van der Waals surface area contributed by atoms with Crippen molar-refractivity contribution in [2.75, 3.05) is 13.1 Å². The van der Waals surface area contributed by atoms with Gasteiger partial charge in [-0.05, 0) is 39.7 Å². The van der Waals surface area contributed by atoms with Crippen molar-refractivity contribution in [2.24, 2.45) is 0 Å². The zero-order valence-electron chi connectivity index (χ0n) is 15.0. The number of rotatable bonds is 5. The van der Waals surface area contributed by atoms with Crippen LogP contribution in [0.1, 0.15) is 22.3 Å². The first kappa shape index (κ1) is 21.3. The number of aromatic nitrogens is 1. The van der Waals surface area contributed by atoms with E-state index < -0.39 is 43.3 Å². The maximum atomic E-state index is 13.5. The maximum Gasteiger partial charge on any atom is 0.268 e. The molecule has 1 aromatic carbocycles. The summed E-state index contributed by atoms with van der Waals surface area (Å²) >= 11 is 9.26. The van der Waals surface area contributed by atoms with Crippen LogP contribution < -0.4 is 5.32 Å². The normalized spacial score (nSPS) is 17.8. The van der Waals surface area contributed by atoms with Crippen LogP contribution in [0.3, 0.4) is 0 Å². The first-order valence-electron chi connectivity index (χ1n) is 8.64. The summed E-state index contributed by atoms with van der Waals surface area (Å²) in [4.78, 5) is 25.3. The molecule has 2 amide bonds. The molecule has 0 radical (unpaired) electrons. The summed E-state index contributed by atoms with van der Waals surface area (Å²) in [6.07, 6.45) is 0.921. The third-order valence-electron chi connectivity index (χ3n) is 4.51. The van der Waals surface area contributed by atoms with Gasteiger partial charge < -0.3 is 14.8 Å². The number of hydrogen-bond acceptors (Lipinski definition) is 3. The molecular weight excluding hydrogens is 470 g/mol. The van der Waals surface area contributed by atoms with E-state index in [0.29, 0.717) is 21.7 Å². The van der Waals surface area contributed by atoms with Crippen LogP contribution in [-0.4, -0.2) is 46.3 Å². The molecule has 1 aliphatic rings. The van der Waals surface area contributed by atoms with Gasteiger partial charge in [0.05, 0.1) is 29.3 Å². The Labute approximate surface area is 179 Å². The third kappa shape index (κ3) is 5.14. The van der Waals surface area contributed by atoms with Crippen LogP contribution in [0.25, 0.3) is 0 Å². The predicted molar refractivity (Wildman–Crippen MR) is 106 cm³/mol. The van der Waals surface area contributed by atoms with Crippen molar-refractivity contribution in [3.8, 4) is 6.07 Å². The Morgan fingerprint density at radius 3 is 2.69 bits per heavy atom. The fourth-order valence-electron chi connectivity index (χ4n) is 3.06. The van der Waals surface area contributed by atoms with Gasteiger partial charge in [-0.25, -0.2) is 8.78 Å². The number of amides is 2. The molecule has 29 heavy (non-hydrogen) atoms. The van der Waals surface area contributed by atoms with Gasteiger partial charge in [0.15, 0.2) is 0 Å². The molecule has 3 rings (SSSR count). The van der Waals surface area contributed by atoms with Crippen LogP contribution in [0.5, 0.6) is 0 Å². The number of nitrogens with one attached hydrogen (secondary N) is 1. The number of hydrogen-bond donors (Lipinski definition) is 1. The summed E-state index contributed by atoms with van der Waals surface area (Å²) < 4.78 is 29.4. The summed E-state index contributed by atoms with van der Waals surface area (Å²) in [7, 11) is 0. The molecule has 1 atom stereocenters. The van der Waals surface area contributed by atoms with Gasteiger partial charge in [0.2, 0.25) is 5.91 Å². The topological polar surface area (TPSA) is 78.1 Å². The quantitative estimate of drug-likeness (QED) is 0.705. The average molecular weight is 486 g/mol. The number of nitriles is 1. The molecule has 1 N–H and O–H groups in total. The molecule has 1 saturated heterocycles. The summed E-state index contributed by atoms with van der Waals surface area (Å²) in [5, 5.41) is 12.0. The van der Waals surface area contributed by atoms with Crippen molar-refractivity contribution in [3.63, 3.8) is 0 Å². The highest BCUT2D eigenvalue weighted by atomic mass is 79.9. The highest BCUT2D eigenvalue weighted by Gasteiger charge is 2.47. The van der Waals surface area contributed by atoms with Gasteiger partial charge in [-0.2, -0.15) is 5.26 Å². The highest BCUT2D eigenvalue weighted by molar-refractivity contribution is 9.10. The molecule has 0 spiro atoms. The molecule has 2 aromatic rings. The molecular formula is C19H16BrClF2N4O2. The van der Waals surface area contributed by atoms with E-state index in [9.17, 15) is 18.4 Å². The van der Waals surface area contributed by atoms with Crippen molar-refractivity contribution in [3.05, 3.63) is 57.3 Å². The zero-order chi connectivity index (χ0) is 21.2. The van der Waals surface area contributed by atoms with Crippen molar-refractivity contribution in [1.29, 1.82) is 5.26 Å². The molecule has 10 heteroatoms. The monoisotopic (exact) mass is 484 g/mol. The molecule has 6 nitrogen and oxygen atoms in total. The fraction of sp³-hybridized carbons (Fsp3) is 0.316. The van der Waals surface area contributed by atoms with Crippen LogP contribution in [0.15, 0.2) is 41.1 Å². The summed E-state index contributed by atoms with van der Waals surface area (Å²) in [6.45, 7) is -0.785. The SMILES string of the molecule is N#C[C@@H]1CC(F)(F)CN1C(=O)CNC(=O)c1cc(Br)n(Cc2ccc(Cl)cc2)c1. The summed E-state index contributed by atoms with van der Waals surface area (Å²) in [5.41, 5.74) is 1.28. The molecule has 0 bridgehead atoms. The average Bonchev–Trinajstić information content (AvgIpc) is 3.20. The van der Waals surface area contributed by atoms with E-state index in [-0.39, 0.29) is 0 Å². The molecule has 0 unspecified atom stereocenters. The largest absolute Gasteiger partial charge is 0.343 e. The van der Waals surface area contributed by atoms with Gasteiger partial charge in [0.1, 0.15) is 6.04 Å². The third-order valence-corrected chi connectivity index (χ3v) is 5.45. The molecule has 2 heterocycles. The lowest BCUT2D eigenvalue weighted by atomic mass is 10.2. The Kier molecular flexibility index (Phi) is 6.24. The number of likely N-dealkylation sites (tertiary alicyclic amines) is 1. The van der Waals surface area contributed by atoms with Gasteiger partial charge in [-0.15, -0.1) is 0 Å². The standard InChI is InChI=1S/C19H16BrClF2N4O2/c20-16-5-13(10-26(16)9-12-1-3-14(21)4-2-12)18(29)25-8-17(28)27-11-19(22,23)6-15(27)7-24/h1-5,10,15H,6,8-9,11H2,(H,25,29)/t15-/m0/s1. The Balaban J connectivity index is 1.60. The number of carbonyl (C=O) groups excluding carboxylic acids is 2. The van der Waals surface area contributed by atoms with Crippen molar-refractivity contribution in [1.82, 2.24) is 14.8 Å². The minimum atomic E-state index is -3.09. The Bertz CT molecular complexity index is 972. The fourth-order valence-corrected chi connectivity index (χ4v) is 3.66. The summed E-state index contributed by atoms with van der Waals surface area (Å²) in [5.74, 6) is -4.33. The lowest BCUT2D eigenvalue weighted by molar-refractivity contribution is -0.131. The van der Waals surface area contributed by atoms with Crippen LogP contribution in [0.2, 0.25) is 5.02 Å². The second kappa shape index (κ2) is 8.51. The number of alkyl halides is 2. The van der Waals surface area contributed by atoms with E-state index in [4.69, 9.17) is 16.9 Å². The number of benzene rings is 1. The van der Waals surface area contributed by atoms with Crippen LogP contribution in [0.4, 0.5) is 8.78 Å². The lowest BCUT2D eigenvalue weighted by Gasteiger charge is -2.19. The van der Waals surface area contributed by atoms with Crippen LogP contribution >= 0.6 is 27.5 Å². The van der Waals surface area contributed by atoms with Gasteiger partial charge in [-0.1, -0.05) is 23.7 Å². The van der Waals surface area contributed by atoms with Crippen LogP contribution in [-0.2, 0) is 11.3 Å². The van der Waals surface area contributed by atoms with Crippen LogP contribution in [0, 0.1) is 11.3 Å². The summed E-state index contributed by atoms with van der Waals surface area (Å²) in [6, 6.07) is 9.37. The molecule has 0 aliphatic carbocycles. The predicted octanol–water partition coefficient (Wildman–Crippen LogP) is 3.44. The first-order valence-corrected chi connectivity index (χ1v) is 9.81. The number of nitrogens with zero attached hydrogens (tertiary/aromatic N) is 3. The van der Waals surface area contributed by atoms with Gasteiger partial charge in [-0.3, -0.25) is 9.59 Å². The molecule has 0 saturated carbocycles. The van der Waals surface area contributed by atoms with Gasteiger partial charge in [0.25, 0.3) is 11.8 Å². The minimum Gasteiger partial charge on any atom is -0.343 e. The second-order valence-electron chi connectivity index (χ2n) is 6.72. The molecule has 1 aromatic heterocycles. The smallest absolute Gasteiger partial charge is 0.268 e. The maximum absolute atomic E-state index is 13.5. The van der Waals surface area contributed by atoms with E-state index >= 15 is 0 Å². The van der Waals surface area contributed by atoms with Gasteiger partial charge in [0, 0.05) is 24.2 Å². The first-order chi connectivity index (χ1) is 13.7. The van der Waals surface area contributed by atoms with Crippen molar-refractivity contribution < 1.29 is 18.4 Å². The van der Waals surface area contributed by atoms with Crippen molar-refractivity contribution >= 4 is 39.3 Å². The Morgan fingerprint density at radius 1 is 1.34 bits per heavy atom. The second-order valence-corrected chi connectivity index (χ2v) is 7.96. The Hall–Kier alpha value is -2.44. The van der Waals surface area contributed by atoms with Gasteiger partial charge >= 0.3 is 0 Å². The zero-order valence-corrected chi connectivity index (χ0v) is 17.4. The van der Waals surface area contributed by atoms with E-state index in [1.54, 1.807) is 35.0 Å². The van der Waals surface area contributed by atoms with E-state index in [1.165, 1.54) is 0 Å². The van der Waals surface area contributed by atoms with E-state index in [2.05, 4.69) is 21.2 Å². The Morgan fingerprint density at radius 2 is 2.03 bits per heavy atom. The number of carbonyl (C=O) groups is 2. The molecule has 1 fully saturated rings. The highest BCUT2D eigenvalue weighted by Crippen LogP contribution is 2.31. The lowest BCUT2D eigenvalue weighted by Crippen LogP contribution is -2.42. The van der Waals surface area contributed by atoms with Crippen molar-refractivity contribution in [2.45, 2.75) is 24.9 Å². The minimum absolute atomic E-state index is 0.308. The molecule has 1 aliphatic heterocycles. The molecule has 152 valence electrons. The van der Waals surface area contributed by atoms with E-state index in [0.717, 1.165) is 10.5 Å².